The molecule has 2 heterocycles. The number of hydrogen-bond donors (Lipinski definition) is 1. The lowest BCUT2D eigenvalue weighted by Gasteiger charge is -2.28. The number of aromatic nitrogens is 1. The average Bonchev–Trinajstić information content (AvgIpc) is 3.36. The van der Waals surface area contributed by atoms with E-state index >= 15 is 0 Å². The molecule has 9 nitrogen and oxygen atoms in total. The van der Waals surface area contributed by atoms with Crippen LogP contribution in [0.25, 0.3) is 10.9 Å². The van der Waals surface area contributed by atoms with Gasteiger partial charge in [0.25, 0.3) is 0 Å². The number of anilines is 1. The molecule has 178 valence electrons. The normalized spacial score (nSPS) is 15.7. The molecule has 0 spiro atoms. The van der Waals surface area contributed by atoms with Crippen molar-refractivity contribution in [2.24, 2.45) is 11.8 Å². The summed E-state index contributed by atoms with van der Waals surface area (Å²) < 4.78 is 15.2. The number of carbonyl (C=O) groups is 3. The molecule has 1 N–H and O–H groups in total. The largest absolute Gasteiger partial charge is 0.514 e. The van der Waals surface area contributed by atoms with Crippen LogP contribution in [0, 0.1) is 11.8 Å². The van der Waals surface area contributed by atoms with Crippen LogP contribution in [0.1, 0.15) is 6.42 Å². The average molecular weight is 484 g/mol. The number of carbonyl (C=O) groups excluding carboxylic acids is 3. The Kier molecular flexibility index (Phi) is 8.83. The Morgan fingerprint density at radius 1 is 1.18 bits per heavy atom. The molecule has 1 fully saturated rings. The molecule has 2 aromatic rings. The van der Waals surface area contributed by atoms with Crippen molar-refractivity contribution in [2.75, 3.05) is 31.2 Å². The van der Waals surface area contributed by atoms with Gasteiger partial charge in [0, 0.05) is 11.6 Å². The number of thiocarbonyl (C=S) groups is 1. The van der Waals surface area contributed by atoms with E-state index in [0.29, 0.717) is 25.0 Å². The first kappa shape index (κ1) is 25.0. The first-order valence-corrected chi connectivity index (χ1v) is 11.0. The third kappa shape index (κ3) is 5.83. The molecule has 1 aromatic carbocycles. The van der Waals surface area contributed by atoms with E-state index in [9.17, 15) is 14.4 Å². The van der Waals surface area contributed by atoms with E-state index in [-0.39, 0.29) is 29.9 Å². The predicted molar refractivity (Wildman–Crippen MR) is 130 cm³/mol. The number of para-hydroxylation sites is 1. The van der Waals surface area contributed by atoms with E-state index in [1.165, 1.54) is 12.2 Å². The Morgan fingerprint density at radius 3 is 2.62 bits per heavy atom. The number of ether oxygens (including phenoxy) is 3. The molecule has 10 heteroatoms. The minimum atomic E-state index is -1.10. The lowest BCUT2D eigenvalue weighted by atomic mass is 9.90. The number of hydrogen-bond acceptors (Lipinski definition) is 9. The zero-order valence-corrected chi connectivity index (χ0v) is 19.3. The molecule has 2 amide bonds. The van der Waals surface area contributed by atoms with Crippen molar-refractivity contribution in [3.8, 4) is 0 Å². The Bertz CT molecular complexity index is 1090. The van der Waals surface area contributed by atoms with Gasteiger partial charge in [0.2, 0.25) is 5.91 Å². The Hall–Kier alpha value is -3.63. The Morgan fingerprint density at radius 2 is 1.91 bits per heavy atom. The van der Waals surface area contributed by atoms with Gasteiger partial charge in [-0.3, -0.25) is 9.78 Å². The Labute approximate surface area is 202 Å². The molecule has 0 radical (unpaired) electrons. The van der Waals surface area contributed by atoms with Gasteiger partial charge in [-0.1, -0.05) is 43.5 Å². The summed E-state index contributed by atoms with van der Waals surface area (Å²) in [6, 6.07) is 8.67. The van der Waals surface area contributed by atoms with Gasteiger partial charge in [-0.05, 0) is 49.8 Å². The molecule has 34 heavy (non-hydrogen) atoms. The van der Waals surface area contributed by atoms with Crippen LogP contribution in [0.15, 0.2) is 61.8 Å². The van der Waals surface area contributed by atoms with Crippen LogP contribution < -0.4 is 10.2 Å². The van der Waals surface area contributed by atoms with Crippen LogP contribution in [0.3, 0.4) is 0 Å². The molecular formula is C24H25N3O6S. The summed E-state index contributed by atoms with van der Waals surface area (Å²) >= 11 is 5.35. The van der Waals surface area contributed by atoms with Crippen LogP contribution in [-0.2, 0) is 19.0 Å². The minimum absolute atomic E-state index is 0.0767. The fraction of sp³-hybridized carbons (Fsp3) is 0.292. The maximum Gasteiger partial charge on any atom is 0.514 e. The molecule has 0 saturated carbocycles. The van der Waals surface area contributed by atoms with Crippen LogP contribution >= 0.6 is 12.2 Å². The van der Waals surface area contributed by atoms with Gasteiger partial charge in [-0.15, -0.1) is 0 Å². The first-order chi connectivity index (χ1) is 16.5. The van der Waals surface area contributed by atoms with Crippen molar-refractivity contribution < 1.29 is 28.6 Å². The van der Waals surface area contributed by atoms with Crippen molar-refractivity contribution in [1.82, 2.24) is 10.3 Å². The second-order valence-corrected chi connectivity index (χ2v) is 7.80. The van der Waals surface area contributed by atoms with Crippen molar-refractivity contribution in [1.29, 1.82) is 0 Å². The zero-order chi connectivity index (χ0) is 24.5. The second kappa shape index (κ2) is 12.0. The SMILES string of the molecule is C=CCOC(=O)OC(=S)C(C(=O)N(C(=O)OCC=C)c1cccc2cccnc12)C1CCNC1. The highest BCUT2D eigenvalue weighted by Crippen LogP contribution is 2.31. The van der Waals surface area contributed by atoms with E-state index in [1.54, 1.807) is 24.4 Å². The van der Waals surface area contributed by atoms with E-state index in [1.807, 2.05) is 12.1 Å². The van der Waals surface area contributed by atoms with Crippen molar-refractivity contribution in [2.45, 2.75) is 6.42 Å². The highest BCUT2D eigenvalue weighted by atomic mass is 32.1. The van der Waals surface area contributed by atoms with Gasteiger partial charge in [0.15, 0.2) is 5.05 Å². The van der Waals surface area contributed by atoms with Gasteiger partial charge in [-0.25, -0.2) is 14.5 Å². The molecule has 1 aliphatic heterocycles. The molecule has 1 saturated heterocycles. The summed E-state index contributed by atoms with van der Waals surface area (Å²) in [4.78, 5) is 44.3. The quantitative estimate of drug-likeness (QED) is 0.341. The lowest BCUT2D eigenvalue weighted by Crippen LogP contribution is -2.47. The summed E-state index contributed by atoms with van der Waals surface area (Å²) in [5.41, 5.74) is 0.652. The molecule has 2 unspecified atom stereocenters. The third-order valence-electron chi connectivity index (χ3n) is 5.17. The number of amides is 2. The minimum Gasteiger partial charge on any atom is -0.445 e. The molecule has 0 aliphatic carbocycles. The number of fused-ring (bicyclic) bond motifs is 1. The van der Waals surface area contributed by atoms with Crippen molar-refractivity contribution in [3.63, 3.8) is 0 Å². The van der Waals surface area contributed by atoms with Crippen molar-refractivity contribution in [3.05, 3.63) is 61.8 Å². The van der Waals surface area contributed by atoms with Crippen LogP contribution in [-0.4, -0.2) is 54.5 Å². The van der Waals surface area contributed by atoms with Crippen LogP contribution in [0.5, 0.6) is 0 Å². The van der Waals surface area contributed by atoms with Gasteiger partial charge in [0.05, 0.1) is 11.2 Å². The first-order valence-electron chi connectivity index (χ1n) is 10.6. The second-order valence-electron chi connectivity index (χ2n) is 7.39. The predicted octanol–water partition coefficient (Wildman–Crippen LogP) is 3.78. The number of pyridine rings is 1. The molecule has 1 aromatic heterocycles. The molecule has 1 aliphatic rings. The standard InChI is InChI=1S/C24H25N3O6S/c1-3-13-31-23(29)27(18-9-5-7-16-8-6-11-26-20(16)18)21(28)19(17-10-12-25-15-17)22(34)33-24(30)32-14-4-2/h3-9,11,17,19,25H,1-2,10,12-15H2. The summed E-state index contributed by atoms with van der Waals surface area (Å²) in [5.74, 6) is -2.11. The van der Waals surface area contributed by atoms with Crippen molar-refractivity contribution >= 4 is 52.0 Å². The number of nitrogens with zero attached hydrogens (tertiary/aromatic N) is 2. The fourth-order valence-electron chi connectivity index (χ4n) is 3.67. The number of rotatable bonds is 8. The topological polar surface area (TPSA) is 107 Å². The Balaban J connectivity index is 2.02. The van der Waals surface area contributed by atoms with Gasteiger partial charge in [-0.2, -0.15) is 0 Å². The van der Waals surface area contributed by atoms with Crippen LogP contribution in [0.2, 0.25) is 0 Å². The molecule has 2 atom stereocenters. The van der Waals surface area contributed by atoms with E-state index in [0.717, 1.165) is 10.3 Å². The molecular weight excluding hydrogens is 458 g/mol. The van der Waals surface area contributed by atoms with E-state index in [4.69, 9.17) is 26.4 Å². The number of imide groups is 1. The zero-order valence-electron chi connectivity index (χ0n) is 18.5. The molecule has 0 bridgehead atoms. The maximum absolute atomic E-state index is 13.9. The molecule has 3 rings (SSSR count). The van der Waals surface area contributed by atoms with Gasteiger partial charge >= 0.3 is 12.2 Å². The van der Waals surface area contributed by atoms with Crippen LogP contribution in [0.4, 0.5) is 15.3 Å². The number of benzene rings is 1. The van der Waals surface area contributed by atoms with Gasteiger partial charge in [0.1, 0.15) is 19.1 Å². The lowest BCUT2D eigenvalue weighted by molar-refractivity contribution is -0.121. The van der Waals surface area contributed by atoms with Gasteiger partial charge < -0.3 is 19.5 Å². The fourth-order valence-corrected chi connectivity index (χ4v) is 4.03. The summed E-state index contributed by atoms with van der Waals surface area (Å²) in [6.45, 7) is 7.92. The van der Waals surface area contributed by atoms with E-state index < -0.39 is 24.1 Å². The highest BCUT2D eigenvalue weighted by molar-refractivity contribution is 7.80. The highest BCUT2D eigenvalue weighted by Gasteiger charge is 2.42. The number of nitrogens with one attached hydrogen (secondary N) is 1. The third-order valence-corrected chi connectivity index (χ3v) is 5.51. The van der Waals surface area contributed by atoms with E-state index in [2.05, 4.69) is 23.5 Å². The summed E-state index contributed by atoms with van der Waals surface area (Å²) in [7, 11) is 0. The summed E-state index contributed by atoms with van der Waals surface area (Å²) in [6.07, 6.45) is 2.94. The summed E-state index contributed by atoms with van der Waals surface area (Å²) in [5, 5.41) is 3.60. The smallest absolute Gasteiger partial charge is 0.445 e. The monoisotopic (exact) mass is 483 g/mol. The maximum atomic E-state index is 13.9.